The van der Waals surface area contributed by atoms with Crippen molar-refractivity contribution >= 4 is 11.9 Å². The fourth-order valence-electron chi connectivity index (χ4n) is 8.52. The van der Waals surface area contributed by atoms with Crippen LogP contribution in [0.5, 0.6) is 23.0 Å². The van der Waals surface area contributed by atoms with Crippen molar-refractivity contribution in [2.75, 3.05) is 7.11 Å². The number of fused-ring (bicyclic) bond motifs is 4. The summed E-state index contributed by atoms with van der Waals surface area (Å²) in [5.74, 6) is -0.0543. The largest absolute Gasteiger partial charge is 1.00 e. The second-order valence-electron chi connectivity index (χ2n) is 17.0. The van der Waals surface area contributed by atoms with Crippen LogP contribution in [0.25, 0.3) is 22.3 Å². The van der Waals surface area contributed by atoms with Gasteiger partial charge in [0, 0.05) is 35.1 Å². The maximum absolute atomic E-state index is 12.9. The zero-order valence-electron chi connectivity index (χ0n) is 40.0. The van der Waals surface area contributed by atoms with Crippen molar-refractivity contribution in [2.24, 2.45) is 0 Å². The van der Waals surface area contributed by atoms with Crippen LogP contribution >= 0.6 is 0 Å². The molecule has 382 valence electrons. The summed E-state index contributed by atoms with van der Waals surface area (Å²) >= 11 is 0. The van der Waals surface area contributed by atoms with Crippen LogP contribution in [0.3, 0.4) is 0 Å². The molecule has 0 amide bonds. The molecule has 6 aromatic carbocycles. The molecule has 0 saturated heterocycles. The van der Waals surface area contributed by atoms with E-state index in [1.165, 1.54) is 43.9 Å². The summed E-state index contributed by atoms with van der Waals surface area (Å²) in [6.07, 6.45) is -5.86. The molecule has 2 atom stereocenters. The number of aliphatic carboxylic acids is 1. The van der Waals surface area contributed by atoms with Gasteiger partial charge in [-0.2, -0.15) is 26.3 Å². The van der Waals surface area contributed by atoms with Crippen LogP contribution in [0.15, 0.2) is 155 Å². The van der Waals surface area contributed by atoms with Crippen LogP contribution in [-0.4, -0.2) is 39.9 Å². The van der Waals surface area contributed by atoms with Gasteiger partial charge in [-0.15, -0.1) is 0 Å². The van der Waals surface area contributed by atoms with Crippen LogP contribution in [0.1, 0.15) is 80.6 Å². The topological polar surface area (TPSA) is 183 Å². The molecule has 75 heavy (non-hydrogen) atoms. The molecule has 13 nitrogen and oxygen atoms in total. The normalized spacial score (nSPS) is 14.3. The maximum Gasteiger partial charge on any atom is 1.00 e. The molecule has 20 heteroatoms. The average Bonchev–Trinajstić information content (AvgIpc) is 4.01. The molecule has 2 aliphatic rings. The van der Waals surface area contributed by atoms with Gasteiger partial charge in [-0.05, 0) is 81.9 Å². The summed E-state index contributed by atoms with van der Waals surface area (Å²) in [4.78, 5) is 23.5. The van der Waals surface area contributed by atoms with E-state index in [-0.39, 0.29) is 86.2 Å². The fourth-order valence-corrected chi connectivity index (χ4v) is 8.52. The number of carboxylic acid groups (broad SMARTS) is 1. The number of ether oxygens (including phenoxy) is 5. The smallest absolute Gasteiger partial charge is 0.870 e. The van der Waals surface area contributed by atoms with Crippen molar-refractivity contribution in [1.29, 1.82) is 0 Å². The number of carbonyl (C=O) groups excluding carboxylic acids is 1. The third-order valence-electron chi connectivity index (χ3n) is 12.2. The summed E-state index contributed by atoms with van der Waals surface area (Å²) in [5.41, 5.74) is 7.29. The van der Waals surface area contributed by atoms with Crippen molar-refractivity contribution < 1.29 is 109 Å². The Labute approximate surface area is 446 Å². The Balaban J connectivity index is 0.000000213. The summed E-state index contributed by atoms with van der Waals surface area (Å²) in [6, 6.07) is 35.5. The van der Waals surface area contributed by atoms with Crippen LogP contribution in [0.4, 0.5) is 26.3 Å². The SMILES string of the molecule is COC(=O)CC1c2ccc(OCc3cccc(-c4ccc(C(F)(F)F)cc4)c3)cc2OCc2conc21.O=C(O)CC1c2ccc(OCc3cccc(-c4ccc(C(F)(F)F)cc4)c3)cc2OCc2conc21.[Na+].[OH-]. The van der Waals surface area contributed by atoms with E-state index in [0.29, 0.717) is 56.6 Å². The third kappa shape index (κ3) is 13.2. The van der Waals surface area contributed by atoms with Crippen molar-refractivity contribution in [3.05, 3.63) is 202 Å². The Bertz CT molecular complexity index is 3250. The van der Waals surface area contributed by atoms with Gasteiger partial charge in [0.2, 0.25) is 0 Å². The van der Waals surface area contributed by atoms with Gasteiger partial charge in [-0.3, -0.25) is 9.59 Å². The molecule has 2 aliphatic heterocycles. The van der Waals surface area contributed by atoms with E-state index in [1.807, 2.05) is 54.6 Å². The number of rotatable bonds is 12. The first-order valence-electron chi connectivity index (χ1n) is 22.6. The van der Waals surface area contributed by atoms with Crippen LogP contribution in [0, 0.1) is 0 Å². The number of esters is 1. The van der Waals surface area contributed by atoms with Crippen LogP contribution < -0.4 is 48.5 Å². The zero-order valence-corrected chi connectivity index (χ0v) is 42.0. The van der Waals surface area contributed by atoms with Crippen molar-refractivity contribution in [1.82, 2.24) is 10.3 Å². The fraction of sp³-hybridized carbons (Fsp3) is 0.200. The van der Waals surface area contributed by atoms with Crippen molar-refractivity contribution in [3.63, 3.8) is 0 Å². The molecular weight excluding hydrogens is 1000 g/mol. The van der Waals surface area contributed by atoms with E-state index in [1.54, 1.807) is 30.3 Å². The number of hydrogen-bond acceptors (Lipinski definition) is 12. The van der Waals surface area contributed by atoms with Gasteiger partial charge in [0.15, 0.2) is 0 Å². The quantitative estimate of drug-likeness (QED) is 0.0694. The average molecular weight is 1040 g/mol. The van der Waals surface area contributed by atoms with Gasteiger partial charge in [-0.1, -0.05) is 83.1 Å². The summed E-state index contributed by atoms with van der Waals surface area (Å²) in [5, 5.41) is 17.5. The Kier molecular flexibility index (Phi) is 17.5. The van der Waals surface area contributed by atoms with E-state index in [0.717, 1.165) is 57.6 Å². The minimum atomic E-state index is -4.38. The van der Waals surface area contributed by atoms with Crippen molar-refractivity contribution in [3.8, 4) is 45.3 Å². The predicted molar refractivity (Wildman–Crippen MR) is 251 cm³/mol. The monoisotopic (exact) mass is 1040 g/mol. The molecule has 10 rings (SSSR count). The number of benzene rings is 6. The van der Waals surface area contributed by atoms with Crippen LogP contribution in [0.2, 0.25) is 0 Å². The number of carbonyl (C=O) groups is 2. The molecule has 0 saturated carbocycles. The first-order chi connectivity index (χ1) is 35.1. The molecule has 2 aromatic heterocycles. The Morgan fingerprint density at radius 3 is 1.41 bits per heavy atom. The van der Waals surface area contributed by atoms with Crippen LogP contribution in [-0.2, 0) is 53.1 Å². The standard InChI is InChI=1S/C28H22F3NO5.C27H20F3NO5.Na.H2O/c1-34-26(33)13-24-23-10-9-22(12-25(23)36-15-20-16-37-32-27(20)24)35-14-17-3-2-4-19(11-17)18-5-7-21(8-6-18)28(29,30)31;28-27(29,30)20-6-4-17(5-7-20)18-3-1-2-16(10-18)13-34-21-8-9-22-23(12-25(32)33)26-19(15-36-31-26)14-35-24(22)11-21;;/h2-12,16,24H,13-15H2,1H3;1-11,15,23H,12-14H2,(H,32,33);;1H2/q;;+1;/p-1. The summed E-state index contributed by atoms with van der Waals surface area (Å²) in [7, 11) is 1.34. The first-order valence-corrected chi connectivity index (χ1v) is 22.6. The zero-order chi connectivity index (χ0) is 51.3. The molecule has 4 heterocycles. The van der Waals surface area contributed by atoms with Gasteiger partial charge < -0.3 is 43.3 Å². The second kappa shape index (κ2) is 23.7. The molecule has 0 aliphatic carbocycles. The summed E-state index contributed by atoms with van der Waals surface area (Å²) in [6.45, 7) is 0.894. The number of alkyl halides is 6. The maximum atomic E-state index is 12.9. The number of methoxy groups -OCH3 is 1. The van der Waals surface area contributed by atoms with E-state index >= 15 is 0 Å². The molecule has 0 spiro atoms. The number of aromatic nitrogens is 2. The van der Waals surface area contributed by atoms with Gasteiger partial charge in [0.05, 0.1) is 53.6 Å². The molecule has 0 fully saturated rings. The molecule has 0 bridgehead atoms. The van der Waals surface area contributed by atoms with Gasteiger partial charge in [0.1, 0.15) is 62.0 Å². The van der Waals surface area contributed by atoms with Gasteiger partial charge in [0.25, 0.3) is 0 Å². The molecule has 0 radical (unpaired) electrons. The molecule has 8 aromatic rings. The van der Waals surface area contributed by atoms with Gasteiger partial charge in [-0.25, -0.2) is 0 Å². The van der Waals surface area contributed by atoms with Gasteiger partial charge >= 0.3 is 53.8 Å². The van der Waals surface area contributed by atoms with E-state index in [9.17, 15) is 41.0 Å². The first kappa shape index (κ1) is 55.2. The molecule has 2 N–H and O–H groups in total. The van der Waals surface area contributed by atoms with E-state index < -0.39 is 35.4 Å². The number of halogens is 6. The van der Waals surface area contributed by atoms with E-state index in [2.05, 4.69) is 10.3 Å². The Morgan fingerprint density at radius 1 is 0.587 bits per heavy atom. The second-order valence-corrected chi connectivity index (χ2v) is 17.0. The minimum Gasteiger partial charge on any atom is -0.870 e. The predicted octanol–water partition coefficient (Wildman–Crippen LogP) is 9.79. The molecule has 2 unspecified atom stereocenters. The summed E-state index contributed by atoms with van der Waals surface area (Å²) < 4.78 is 116. The number of carboxylic acids is 1. The third-order valence-corrected chi connectivity index (χ3v) is 12.2. The Hall–Kier alpha value is -7.58. The Morgan fingerprint density at radius 2 is 1.01 bits per heavy atom. The number of nitrogens with zero attached hydrogens (tertiary/aromatic N) is 2. The van der Waals surface area contributed by atoms with Crippen molar-refractivity contribution in [2.45, 2.75) is 63.5 Å². The molecular formula is C55H43F6N2NaO11. The minimum absolute atomic E-state index is 0. The van der Waals surface area contributed by atoms with E-state index in [4.69, 9.17) is 32.7 Å². The number of hydrogen-bond donors (Lipinski definition) is 1.